The lowest BCUT2D eigenvalue weighted by Crippen LogP contribution is -2.51. The molecule has 2 fully saturated rings. The van der Waals surface area contributed by atoms with Gasteiger partial charge in [0.25, 0.3) is 0 Å². The quantitative estimate of drug-likeness (QED) is 0.749. The molecule has 5 heteroatoms. The van der Waals surface area contributed by atoms with Crippen LogP contribution in [0.15, 0.2) is 17.5 Å². The van der Waals surface area contributed by atoms with Crippen LogP contribution in [0.1, 0.15) is 48.2 Å². The molecule has 1 amide bonds. The van der Waals surface area contributed by atoms with Crippen molar-refractivity contribution in [1.29, 1.82) is 0 Å². The van der Waals surface area contributed by atoms with Gasteiger partial charge in [0.1, 0.15) is 0 Å². The van der Waals surface area contributed by atoms with E-state index < -0.39 is 0 Å². The number of rotatable bonds is 6. The summed E-state index contributed by atoms with van der Waals surface area (Å²) in [6.07, 6.45) is 5.54. The van der Waals surface area contributed by atoms with Gasteiger partial charge in [0.2, 0.25) is 5.91 Å². The molecule has 0 bridgehead atoms. The smallest absolute Gasteiger partial charge is 0.228 e. The fourth-order valence-electron chi connectivity index (χ4n) is 3.77. The molecule has 1 saturated carbocycles. The van der Waals surface area contributed by atoms with E-state index in [2.05, 4.69) is 0 Å². The number of methoxy groups -OCH3 is 1. The molecular weight excluding hydrogens is 310 g/mol. The minimum absolute atomic E-state index is 0.0778. The molecule has 4 nitrogen and oxygen atoms in total. The first-order valence-corrected chi connectivity index (χ1v) is 9.40. The molecule has 2 heterocycles. The summed E-state index contributed by atoms with van der Waals surface area (Å²) >= 11 is 1.51. The van der Waals surface area contributed by atoms with Crippen molar-refractivity contribution in [2.45, 2.75) is 38.5 Å². The Balaban J connectivity index is 1.56. The van der Waals surface area contributed by atoms with Crippen LogP contribution in [0.2, 0.25) is 0 Å². The average molecular weight is 335 g/mol. The van der Waals surface area contributed by atoms with Crippen LogP contribution in [0.4, 0.5) is 0 Å². The third-order valence-corrected chi connectivity index (χ3v) is 6.35. The van der Waals surface area contributed by atoms with E-state index in [4.69, 9.17) is 4.74 Å². The standard InChI is InChI=1S/C18H25NO3S/c1-22-12-9-18(7-3-8-18)17(21)19-10-5-14(6-11-19)16(20)15-4-2-13-23-15/h2,4,13-14H,3,5-12H2,1H3. The normalized spacial score (nSPS) is 21.0. The van der Waals surface area contributed by atoms with E-state index >= 15 is 0 Å². The molecule has 0 unspecified atom stereocenters. The summed E-state index contributed by atoms with van der Waals surface area (Å²) < 4.78 is 5.19. The number of hydrogen-bond acceptors (Lipinski definition) is 4. The molecule has 1 aliphatic heterocycles. The molecule has 2 aliphatic rings. The predicted octanol–water partition coefficient (Wildman–Crippen LogP) is 3.38. The first-order valence-electron chi connectivity index (χ1n) is 8.52. The SMILES string of the molecule is COCCC1(C(=O)N2CCC(C(=O)c3cccs3)CC2)CCC1. The minimum Gasteiger partial charge on any atom is -0.385 e. The van der Waals surface area contributed by atoms with Crippen LogP contribution < -0.4 is 0 Å². The number of carbonyl (C=O) groups excluding carboxylic acids is 2. The van der Waals surface area contributed by atoms with Crippen LogP contribution in [0.5, 0.6) is 0 Å². The van der Waals surface area contributed by atoms with E-state index in [1.54, 1.807) is 7.11 Å². The van der Waals surface area contributed by atoms with Crippen molar-refractivity contribution in [2.24, 2.45) is 11.3 Å². The molecule has 1 aromatic rings. The first-order chi connectivity index (χ1) is 11.2. The molecule has 1 aliphatic carbocycles. The number of hydrogen-bond donors (Lipinski definition) is 0. The Morgan fingerprint density at radius 1 is 1.35 bits per heavy atom. The second-order valence-electron chi connectivity index (χ2n) is 6.78. The zero-order valence-corrected chi connectivity index (χ0v) is 14.6. The van der Waals surface area contributed by atoms with E-state index in [0.29, 0.717) is 12.5 Å². The number of likely N-dealkylation sites (tertiary alicyclic amines) is 1. The topological polar surface area (TPSA) is 46.6 Å². The van der Waals surface area contributed by atoms with Crippen molar-refractivity contribution >= 4 is 23.0 Å². The summed E-state index contributed by atoms with van der Waals surface area (Å²) in [4.78, 5) is 28.2. The lowest BCUT2D eigenvalue weighted by Gasteiger charge is -2.45. The molecule has 3 rings (SSSR count). The van der Waals surface area contributed by atoms with E-state index in [-0.39, 0.29) is 17.1 Å². The predicted molar refractivity (Wildman–Crippen MR) is 90.7 cm³/mol. The van der Waals surface area contributed by atoms with E-state index in [1.165, 1.54) is 11.3 Å². The number of ether oxygens (including phenoxy) is 1. The minimum atomic E-state index is -0.180. The summed E-state index contributed by atoms with van der Waals surface area (Å²) in [7, 11) is 1.69. The number of thiophene rings is 1. The Bertz CT molecular complexity index is 543. The lowest BCUT2D eigenvalue weighted by molar-refractivity contribution is -0.150. The van der Waals surface area contributed by atoms with Gasteiger partial charge >= 0.3 is 0 Å². The molecule has 0 N–H and O–H groups in total. The van der Waals surface area contributed by atoms with E-state index in [9.17, 15) is 9.59 Å². The maximum absolute atomic E-state index is 12.9. The molecule has 0 atom stereocenters. The molecule has 1 saturated heterocycles. The van der Waals surface area contributed by atoms with Crippen LogP contribution in [-0.2, 0) is 9.53 Å². The van der Waals surface area contributed by atoms with E-state index in [0.717, 1.165) is 56.5 Å². The Morgan fingerprint density at radius 2 is 2.09 bits per heavy atom. The second-order valence-corrected chi connectivity index (χ2v) is 7.73. The van der Waals surface area contributed by atoms with Gasteiger partial charge in [-0.2, -0.15) is 0 Å². The zero-order chi connectivity index (χ0) is 16.3. The van der Waals surface area contributed by atoms with Gasteiger partial charge in [-0.25, -0.2) is 0 Å². The summed E-state index contributed by atoms with van der Waals surface area (Å²) in [6.45, 7) is 2.09. The molecule has 126 valence electrons. The zero-order valence-electron chi connectivity index (χ0n) is 13.8. The van der Waals surface area contributed by atoms with Gasteiger partial charge in [0.05, 0.1) is 10.3 Å². The van der Waals surface area contributed by atoms with Gasteiger partial charge in [-0.15, -0.1) is 11.3 Å². The van der Waals surface area contributed by atoms with Crippen molar-refractivity contribution in [3.63, 3.8) is 0 Å². The number of carbonyl (C=O) groups is 2. The van der Waals surface area contributed by atoms with Gasteiger partial charge < -0.3 is 9.64 Å². The molecule has 0 radical (unpaired) electrons. The summed E-state index contributed by atoms with van der Waals surface area (Å²) in [5.41, 5.74) is -0.180. The highest BCUT2D eigenvalue weighted by atomic mass is 32.1. The van der Waals surface area contributed by atoms with Crippen molar-refractivity contribution in [1.82, 2.24) is 4.90 Å². The molecule has 1 aromatic heterocycles. The molecule has 0 spiro atoms. The number of amides is 1. The Kier molecular flexibility index (Phi) is 5.17. The van der Waals surface area contributed by atoms with Gasteiger partial charge in [-0.05, 0) is 43.6 Å². The van der Waals surface area contributed by atoms with E-state index in [1.807, 2.05) is 22.4 Å². The Labute approximate surface area is 141 Å². The highest BCUT2D eigenvalue weighted by molar-refractivity contribution is 7.12. The molecule has 23 heavy (non-hydrogen) atoms. The van der Waals surface area contributed by atoms with Crippen LogP contribution in [-0.4, -0.2) is 43.4 Å². The average Bonchev–Trinajstić information content (AvgIpc) is 3.07. The van der Waals surface area contributed by atoms with Crippen LogP contribution in [0.25, 0.3) is 0 Å². The number of ketones is 1. The maximum atomic E-state index is 12.9. The Morgan fingerprint density at radius 3 is 2.61 bits per heavy atom. The monoisotopic (exact) mass is 335 g/mol. The number of Topliss-reactive ketones (excluding diaryl/α,β-unsaturated/α-hetero) is 1. The number of piperidine rings is 1. The number of nitrogens with zero attached hydrogens (tertiary/aromatic N) is 1. The first kappa shape index (κ1) is 16.7. The van der Waals surface area contributed by atoms with Crippen molar-refractivity contribution < 1.29 is 14.3 Å². The third kappa shape index (κ3) is 3.36. The summed E-state index contributed by atoms with van der Waals surface area (Å²) in [5.74, 6) is 0.627. The largest absolute Gasteiger partial charge is 0.385 e. The maximum Gasteiger partial charge on any atom is 0.228 e. The lowest BCUT2D eigenvalue weighted by atomic mass is 9.65. The van der Waals surface area contributed by atoms with Crippen molar-refractivity contribution in [2.75, 3.05) is 26.8 Å². The summed E-state index contributed by atoms with van der Waals surface area (Å²) in [6, 6.07) is 3.82. The fraction of sp³-hybridized carbons (Fsp3) is 0.667. The third-order valence-electron chi connectivity index (χ3n) is 5.47. The highest BCUT2D eigenvalue weighted by Crippen LogP contribution is 2.46. The highest BCUT2D eigenvalue weighted by Gasteiger charge is 2.46. The second kappa shape index (κ2) is 7.14. The van der Waals surface area contributed by atoms with Gasteiger partial charge in [-0.3, -0.25) is 9.59 Å². The Hall–Kier alpha value is -1.20. The van der Waals surface area contributed by atoms with Gasteiger partial charge in [0, 0.05) is 32.7 Å². The molecule has 0 aromatic carbocycles. The van der Waals surface area contributed by atoms with Crippen molar-refractivity contribution in [3.05, 3.63) is 22.4 Å². The van der Waals surface area contributed by atoms with Crippen molar-refractivity contribution in [3.8, 4) is 0 Å². The van der Waals surface area contributed by atoms with Crippen LogP contribution >= 0.6 is 11.3 Å². The van der Waals surface area contributed by atoms with Crippen LogP contribution in [0, 0.1) is 11.3 Å². The van der Waals surface area contributed by atoms with Gasteiger partial charge in [0.15, 0.2) is 5.78 Å². The van der Waals surface area contributed by atoms with Crippen LogP contribution in [0.3, 0.4) is 0 Å². The van der Waals surface area contributed by atoms with Gasteiger partial charge in [-0.1, -0.05) is 12.5 Å². The fourth-order valence-corrected chi connectivity index (χ4v) is 4.52. The summed E-state index contributed by atoms with van der Waals surface area (Å²) in [5, 5.41) is 1.95. The molecular formula is C18H25NO3S.